The lowest BCUT2D eigenvalue weighted by Gasteiger charge is -2.23. The Morgan fingerprint density at radius 2 is 2.20 bits per heavy atom. The van der Waals surface area contributed by atoms with Crippen molar-refractivity contribution in [3.63, 3.8) is 0 Å². The van der Waals surface area contributed by atoms with Gasteiger partial charge in [0.25, 0.3) is 0 Å². The van der Waals surface area contributed by atoms with Gasteiger partial charge in [0.2, 0.25) is 0 Å². The molecule has 0 atom stereocenters. The van der Waals surface area contributed by atoms with Crippen LogP contribution in [0.4, 0.5) is 0 Å². The molecular formula is C6H12NO3-. The van der Waals surface area contributed by atoms with Gasteiger partial charge in [-0.3, -0.25) is 0 Å². The molecule has 0 saturated carbocycles. The third-order valence-corrected chi connectivity index (χ3v) is 1.11. The second-order valence-electron chi connectivity index (χ2n) is 2.77. The summed E-state index contributed by atoms with van der Waals surface area (Å²) in [5, 5.41) is 21.1. The number of carboxylic acid groups (broad SMARTS) is 1. The fraction of sp³-hybridized carbons (Fsp3) is 0.833. The van der Waals surface area contributed by atoms with Gasteiger partial charge in [0, 0.05) is 12.1 Å². The smallest absolute Gasteiger partial charge is 0.0607 e. The van der Waals surface area contributed by atoms with Crippen LogP contribution in [0.5, 0.6) is 0 Å². The molecule has 4 nitrogen and oxygen atoms in total. The van der Waals surface area contributed by atoms with Gasteiger partial charge in [-0.1, -0.05) is 0 Å². The fourth-order valence-electron chi connectivity index (χ4n) is 0.367. The van der Waals surface area contributed by atoms with Crippen LogP contribution in [0.2, 0.25) is 0 Å². The largest absolute Gasteiger partial charge is 0.549 e. The van der Waals surface area contributed by atoms with Crippen LogP contribution in [0, 0.1) is 0 Å². The van der Waals surface area contributed by atoms with Crippen LogP contribution in [0.15, 0.2) is 0 Å². The van der Waals surface area contributed by atoms with E-state index in [2.05, 4.69) is 5.32 Å². The van der Waals surface area contributed by atoms with Crippen molar-refractivity contribution in [2.75, 3.05) is 13.2 Å². The average molecular weight is 146 g/mol. The van der Waals surface area contributed by atoms with Gasteiger partial charge in [-0.2, -0.15) is 0 Å². The van der Waals surface area contributed by atoms with Crippen LogP contribution < -0.4 is 10.4 Å². The highest BCUT2D eigenvalue weighted by molar-refractivity contribution is 5.66. The lowest BCUT2D eigenvalue weighted by Crippen LogP contribution is -2.48. The minimum atomic E-state index is -1.17. The van der Waals surface area contributed by atoms with Gasteiger partial charge in [0.15, 0.2) is 0 Å². The zero-order valence-corrected chi connectivity index (χ0v) is 6.18. The summed E-state index contributed by atoms with van der Waals surface area (Å²) in [5.41, 5.74) is -0.542. The van der Waals surface area contributed by atoms with Crippen molar-refractivity contribution in [1.82, 2.24) is 5.32 Å². The zero-order chi connectivity index (χ0) is 8.20. The molecule has 0 spiro atoms. The first-order valence-corrected chi connectivity index (χ1v) is 3.04. The van der Waals surface area contributed by atoms with Crippen LogP contribution in [0.3, 0.4) is 0 Å². The number of nitrogens with one attached hydrogen (secondary N) is 1. The molecule has 60 valence electrons. The molecule has 0 aromatic rings. The van der Waals surface area contributed by atoms with Crippen molar-refractivity contribution >= 4 is 5.97 Å². The van der Waals surface area contributed by atoms with E-state index in [0.29, 0.717) is 0 Å². The predicted molar refractivity (Wildman–Crippen MR) is 34.2 cm³/mol. The van der Waals surface area contributed by atoms with Gasteiger partial charge in [0.05, 0.1) is 12.6 Å². The molecule has 0 aliphatic rings. The van der Waals surface area contributed by atoms with E-state index in [9.17, 15) is 9.90 Å². The number of carbonyl (C=O) groups excluding carboxylic acids is 1. The van der Waals surface area contributed by atoms with Crippen molar-refractivity contribution in [2.24, 2.45) is 0 Å². The molecule has 0 fully saturated rings. The molecule has 0 aliphatic carbocycles. The third-order valence-electron chi connectivity index (χ3n) is 1.11. The number of rotatable bonds is 4. The number of aliphatic hydroxyl groups excluding tert-OH is 1. The van der Waals surface area contributed by atoms with Gasteiger partial charge >= 0.3 is 0 Å². The van der Waals surface area contributed by atoms with Crippen molar-refractivity contribution in [3.8, 4) is 0 Å². The molecule has 10 heavy (non-hydrogen) atoms. The Hall–Kier alpha value is -0.610. The Bertz CT molecular complexity index is 122. The summed E-state index contributed by atoms with van der Waals surface area (Å²) in [7, 11) is 0. The van der Waals surface area contributed by atoms with Crippen LogP contribution >= 0.6 is 0 Å². The molecule has 0 aromatic carbocycles. The maximum Gasteiger partial charge on any atom is 0.0607 e. The first-order chi connectivity index (χ1) is 4.48. The van der Waals surface area contributed by atoms with E-state index in [-0.39, 0.29) is 13.2 Å². The van der Waals surface area contributed by atoms with Crippen LogP contribution in [0.25, 0.3) is 0 Å². The molecule has 2 N–H and O–H groups in total. The molecule has 0 unspecified atom stereocenters. The quantitative estimate of drug-likeness (QED) is 0.486. The number of aliphatic hydroxyl groups is 1. The second-order valence-corrected chi connectivity index (χ2v) is 2.77. The molecule has 0 radical (unpaired) electrons. The minimum absolute atomic E-state index is 0.0969. The van der Waals surface area contributed by atoms with E-state index < -0.39 is 11.5 Å². The summed E-state index contributed by atoms with van der Waals surface area (Å²) >= 11 is 0. The molecule has 0 bridgehead atoms. The molecule has 0 heterocycles. The summed E-state index contributed by atoms with van der Waals surface area (Å²) in [4.78, 5) is 9.91. The van der Waals surface area contributed by atoms with Gasteiger partial charge in [-0.25, -0.2) is 0 Å². The van der Waals surface area contributed by atoms with Crippen LogP contribution in [0.1, 0.15) is 13.8 Å². The molecule has 0 saturated heterocycles. The van der Waals surface area contributed by atoms with Gasteiger partial charge in [-0.05, 0) is 13.8 Å². The number of aliphatic carboxylic acids is 1. The Morgan fingerprint density at radius 1 is 1.70 bits per heavy atom. The molecule has 0 rings (SSSR count). The Kier molecular flexibility index (Phi) is 3.32. The zero-order valence-electron chi connectivity index (χ0n) is 6.18. The molecule has 0 aliphatic heterocycles. The molecule has 4 heteroatoms. The van der Waals surface area contributed by atoms with E-state index in [1.54, 1.807) is 13.8 Å². The highest BCUT2D eigenvalue weighted by Crippen LogP contribution is 1.97. The lowest BCUT2D eigenvalue weighted by molar-refractivity contribution is -0.304. The first-order valence-electron chi connectivity index (χ1n) is 3.04. The number of hydrogen-bond donors (Lipinski definition) is 2. The number of carbonyl (C=O) groups is 1. The summed E-state index contributed by atoms with van der Waals surface area (Å²) < 4.78 is 0. The lowest BCUT2D eigenvalue weighted by atomic mass is 10.1. The van der Waals surface area contributed by atoms with Gasteiger partial charge < -0.3 is 20.3 Å². The number of hydrogen-bond acceptors (Lipinski definition) is 4. The topological polar surface area (TPSA) is 72.4 Å². The maximum atomic E-state index is 9.91. The monoisotopic (exact) mass is 146 g/mol. The second kappa shape index (κ2) is 3.53. The normalized spacial score (nSPS) is 11.5. The SMILES string of the molecule is CC(C)(CO)NCC(=O)[O-]. The van der Waals surface area contributed by atoms with Crippen molar-refractivity contribution < 1.29 is 15.0 Å². The van der Waals surface area contributed by atoms with Crippen molar-refractivity contribution in [2.45, 2.75) is 19.4 Å². The van der Waals surface area contributed by atoms with E-state index in [0.717, 1.165) is 0 Å². The minimum Gasteiger partial charge on any atom is -0.549 e. The summed E-state index contributed by atoms with van der Waals surface area (Å²) in [5.74, 6) is -1.17. The standard InChI is InChI=1S/C6H13NO3/c1-6(2,4-8)7-3-5(9)10/h7-8H,3-4H2,1-2H3,(H,9,10)/p-1. The van der Waals surface area contributed by atoms with E-state index in [4.69, 9.17) is 5.11 Å². The molecular weight excluding hydrogens is 134 g/mol. The van der Waals surface area contributed by atoms with Gasteiger partial charge in [-0.15, -0.1) is 0 Å². The van der Waals surface area contributed by atoms with Crippen molar-refractivity contribution in [3.05, 3.63) is 0 Å². The maximum absolute atomic E-state index is 9.91. The number of carboxylic acids is 1. The van der Waals surface area contributed by atoms with E-state index in [1.807, 2.05) is 0 Å². The Balaban J connectivity index is 3.56. The highest BCUT2D eigenvalue weighted by atomic mass is 16.4. The van der Waals surface area contributed by atoms with Crippen LogP contribution in [-0.2, 0) is 4.79 Å². The summed E-state index contributed by atoms with van der Waals surface area (Å²) in [6.45, 7) is 3.08. The summed E-state index contributed by atoms with van der Waals surface area (Å²) in [6, 6.07) is 0. The Labute approximate surface area is 59.9 Å². The fourth-order valence-corrected chi connectivity index (χ4v) is 0.367. The third kappa shape index (κ3) is 4.29. The predicted octanol–water partition coefficient (Wildman–Crippen LogP) is -1.90. The first kappa shape index (κ1) is 9.39. The highest BCUT2D eigenvalue weighted by Gasteiger charge is 2.13. The summed E-state index contributed by atoms with van der Waals surface area (Å²) in [6.07, 6.45) is 0. The molecule has 0 amide bonds. The Morgan fingerprint density at radius 3 is 2.50 bits per heavy atom. The van der Waals surface area contributed by atoms with E-state index in [1.165, 1.54) is 0 Å². The van der Waals surface area contributed by atoms with Gasteiger partial charge in [0.1, 0.15) is 0 Å². The average Bonchev–Trinajstić information content (AvgIpc) is 1.85. The van der Waals surface area contributed by atoms with Crippen molar-refractivity contribution in [1.29, 1.82) is 0 Å². The molecule has 0 aromatic heterocycles. The van der Waals surface area contributed by atoms with E-state index >= 15 is 0 Å². The van der Waals surface area contributed by atoms with Crippen LogP contribution in [-0.4, -0.2) is 29.8 Å².